The predicted octanol–water partition coefficient (Wildman–Crippen LogP) is 4.46. The van der Waals surface area contributed by atoms with Crippen LogP contribution in [0, 0.1) is 0 Å². The van der Waals surface area contributed by atoms with E-state index >= 15 is 0 Å². The number of benzene rings is 2. The highest BCUT2D eigenvalue weighted by Crippen LogP contribution is 2.37. The van der Waals surface area contributed by atoms with Crippen LogP contribution in [-0.2, 0) is 27.4 Å². The molecule has 0 bridgehead atoms. The van der Waals surface area contributed by atoms with Crippen LogP contribution in [0.25, 0.3) is 6.08 Å². The van der Waals surface area contributed by atoms with Crippen molar-refractivity contribution < 1.29 is 31.1 Å². The Bertz CT molecular complexity index is 1020. The summed E-state index contributed by atoms with van der Waals surface area (Å²) in [6.45, 7) is 0.266. The zero-order valence-electron chi connectivity index (χ0n) is 15.6. The summed E-state index contributed by atoms with van der Waals surface area (Å²) in [6, 6.07) is 10.1. The van der Waals surface area contributed by atoms with E-state index in [0.29, 0.717) is 6.42 Å². The lowest BCUT2D eigenvalue weighted by molar-refractivity contribution is -0.137. The lowest BCUT2D eigenvalue weighted by Gasteiger charge is -2.19. The van der Waals surface area contributed by atoms with Gasteiger partial charge >= 0.3 is 6.18 Å². The van der Waals surface area contributed by atoms with Gasteiger partial charge in [-0.2, -0.15) is 13.2 Å². The number of nitrogens with one attached hydrogen (secondary N) is 1. The molecule has 0 fully saturated rings. The topological polar surface area (TPSA) is 64.6 Å². The van der Waals surface area contributed by atoms with Crippen molar-refractivity contribution in [2.24, 2.45) is 0 Å². The number of hydrogen-bond acceptors (Lipinski definition) is 4. The number of fused-ring (bicyclic) bond motifs is 1. The summed E-state index contributed by atoms with van der Waals surface area (Å²) in [5, 5.41) is 0. The Morgan fingerprint density at radius 1 is 1.07 bits per heavy atom. The molecule has 0 aromatic heterocycles. The second-order valence-corrected chi connectivity index (χ2v) is 8.20. The summed E-state index contributed by atoms with van der Waals surface area (Å²) in [6.07, 6.45) is -2.29. The van der Waals surface area contributed by atoms with Gasteiger partial charge in [0.1, 0.15) is 12.4 Å². The Morgan fingerprint density at radius 3 is 2.55 bits per heavy atom. The van der Waals surface area contributed by atoms with Crippen molar-refractivity contribution in [3.63, 3.8) is 0 Å². The van der Waals surface area contributed by atoms with Crippen LogP contribution < -0.4 is 9.46 Å². The quantitative estimate of drug-likeness (QED) is 0.663. The number of halogens is 3. The molecule has 156 valence electrons. The van der Waals surface area contributed by atoms with Crippen molar-refractivity contribution in [3.8, 4) is 5.75 Å². The molecule has 0 saturated heterocycles. The van der Waals surface area contributed by atoms with Crippen LogP contribution in [0.15, 0.2) is 47.4 Å². The van der Waals surface area contributed by atoms with Crippen molar-refractivity contribution in [2.45, 2.75) is 19.0 Å². The second-order valence-electron chi connectivity index (χ2n) is 6.46. The van der Waals surface area contributed by atoms with E-state index < -0.39 is 21.8 Å². The number of alkyl halides is 3. The molecule has 0 heterocycles. The fourth-order valence-corrected chi connectivity index (χ4v) is 4.21. The summed E-state index contributed by atoms with van der Waals surface area (Å²) in [5.41, 5.74) is 0.557. The first-order valence-electron chi connectivity index (χ1n) is 8.85. The maximum atomic E-state index is 13.1. The Hall–Kier alpha value is -2.52. The molecule has 2 aromatic rings. The van der Waals surface area contributed by atoms with Gasteiger partial charge in [-0.05, 0) is 48.2 Å². The summed E-state index contributed by atoms with van der Waals surface area (Å²) < 4.78 is 77.6. The summed E-state index contributed by atoms with van der Waals surface area (Å²) >= 11 is 0. The molecule has 0 saturated carbocycles. The van der Waals surface area contributed by atoms with E-state index in [2.05, 4.69) is 4.72 Å². The Balaban J connectivity index is 1.93. The molecule has 0 atom stereocenters. The highest BCUT2D eigenvalue weighted by Gasteiger charge is 2.32. The zero-order chi connectivity index (χ0) is 21.1. The standard InChI is InChI=1S/C20H20F3NO4S/c1-27-10-11-28-19-9-7-16(20(21,22)23)13-18(19)24-29(25,26)17-8-6-14-4-2-3-5-15(14)12-17/h2-5,7,9,12-13,24H,6,8,10-11H2,1H3. The van der Waals surface area contributed by atoms with Gasteiger partial charge in [-0.3, -0.25) is 4.72 Å². The van der Waals surface area contributed by atoms with Gasteiger partial charge in [0.05, 0.1) is 22.8 Å². The first kappa shape index (κ1) is 21.2. The lowest BCUT2D eigenvalue weighted by atomic mass is 9.98. The fraction of sp³-hybridized carbons (Fsp3) is 0.300. The zero-order valence-corrected chi connectivity index (χ0v) is 16.4. The number of sulfonamides is 1. The van der Waals surface area contributed by atoms with Crippen LogP contribution in [0.2, 0.25) is 0 Å². The largest absolute Gasteiger partial charge is 0.489 e. The molecule has 0 amide bonds. The molecule has 29 heavy (non-hydrogen) atoms. The van der Waals surface area contributed by atoms with Crippen LogP contribution in [0.4, 0.5) is 18.9 Å². The molecule has 1 aliphatic carbocycles. The average Bonchev–Trinajstić information content (AvgIpc) is 2.68. The molecule has 0 aliphatic heterocycles. The molecule has 3 rings (SSSR count). The third-order valence-electron chi connectivity index (χ3n) is 4.45. The van der Waals surface area contributed by atoms with Crippen molar-refractivity contribution in [3.05, 3.63) is 64.1 Å². The van der Waals surface area contributed by atoms with E-state index in [0.717, 1.165) is 29.3 Å². The van der Waals surface area contributed by atoms with Crippen LogP contribution >= 0.6 is 0 Å². The monoisotopic (exact) mass is 427 g/mol. The Morgan fingerprint density at radius 2 is 1.83 bits per heavy atom. The summed E-state index contributed by atoms with van der Waals surface area (Å²) in [4.78, 5) is 0.108. The van der Waals surface area contributed by atoms with Gasteiger partial charge in [-0.15, -0.1) is 0 Å². The molecular formula is C20H20F3NO4S. The molecule has 5 nitrogen and oxygen atoms in total. The van der Waals surface area contributed by atoms with Gasteiger partial charge in [0.15, 0.2) is 0 Å². The van der Waals surface area contributed by atoms with Crippen molar-refractivity contribution in [1.29, 1.82) is 0 Å². The molecule has 9 heteroatoms. The van der Waals surface area contributed by atoms with E-state index in [1.807, 2.05) is 12.1 Å². The molecule has 0 radical (unpaired) electrons. The summed E-state index contributed by atoms with van der Waals surface area (Å²) in [5.74, 6) is -0.00423. The number of hydrogen-bond donors (Lipinski definition) is 1. The minimum Gasteiger partial charge on any atom is -0.489 e. The van der Waals surface area contributed by atoms with E-state index in [-0.39, 0.29) is 36.0 Å². The van der Waals surface area contributed by atoms with Gasteiger partial charge in [0.25, 0.3) is 10.0 Å². The molecule has 1 aliphatic rings. The Kier molecular flexibility index (Phi) is 6.18. The SMILES string of the molecule is COCCOc1ccc(C(F)(F)F)cc1NS(=O)(=O)C1=Cc2ccccc2CC1. The fourth-order valence-electron chi connectivity index (χ4n) is 2.98. The minimum absolute atomic E-state index is 0.00423. The van der Waals surface area contributed by atoms with Gasteiger partial charge in [-0.1, -0.05) is 24.3 Å². The maximum Gasteiger partial charge on any atom is 0.416 e. The van der Waals surface area contributed by atoms with E-state index in [9.17, 15) is 21.6 Å². The summed E-state index contributed by atoms with van der Waals surface area (Å²) in [7, 11) is -2.61. The second kappa shape index (κ2) is 8.46. The highest BCUT2D eigenvalue weighted by molar-refractivity contribution is 7.96. The van der Waals surface area contributed by atoms with E-state index in [1.165, 1.54) is 7.11 Å². The molecule has 0 unspecified atom stereocenters. The van der Waals surface area contributed by atoms with Crippen LogP contribution in [0.1, 0.15) is 23.1 Å². The van der Waals surface area contributed by atoms with Gasteiger partial charge in [0.2, 0.25) is 0 Å². The molecular weight excluding hydrogens is 407 g/mol. The first-order chi connectivity index (χ1) is 13.7. The lowest BCUT2D eigenvalue weighted by Crippen LogP contribution is -2.19. The molecule has 1 N–H and O–H groups in total. The number of anilines is 1. The molecule has 2 aromatic carbocycles. The third kappa shape index (κ3) is 5.10. The van der Waals surface area contributed by atoms with Gasteiger partial charge in [0, 0.05) is 7.11 Å². The van der Waals surface area contributed by atoms with Crippen molar-refractivity contribution in [1.82, 2.24) is 0 Å². The molecule has 0 spiro atoms. The van der Waals surface area contributed by atoms with E-state index in [4.69, 9.17) is 9.47 Å². The predicted molar refractivity (Wildman–Crippen MR) is 104 cm³/mol. The number of aryl methyl sites for hydroxylation is 1. The average molecular weight is 427 g/mol. The smallest absolute Gasteiger partial charge is 0.416 e. The van der Waals surface area contributed by atoms with E-state index in [1.54, 1.807) is 18.2 Å². The van der Waals surface area contributed by atoms with Gasteiger partial charge in [-0.25, -0.2) is 8.42 Å². The maximum absolute atomic E-state index is 13.1. The number of methoxy groups -OCH3 is 1. The van der Waals surface area contributed by atoms with Crippen LogP contribution in [0.3, 0.4) is 0 Å². The number of allylic oxidation sites excluding steroid dienone is 1. The van der Waals surface area contributed by atoms with Gasteiger partial charge < -0.3 is 9.47 Å². The van der Waals surface area contributed by atoms with Crippen molar-refractivity contribution >= 4 is 21.8 Å². The number of ether oxygens (including phenoxy) is 2. The third-order valence-corrected chi connectivity index (χ3v) is 5.95. The Labute approximate surface area is 167 Å². The minimum atomic E-state index is -4.62. The number of rotatable bonds is 7. The highest BCUT2D eigenvalue weighted by atomic mass is 32.2. The van der Waals surface area contributed by atoms with Crippen LogP contribution in [-0.4, -0.2) is 28.7 Å². The first-order valence-corrected chi connectivity index (χ1v) is 10.3. The van der Waals surface area contributed by atoms with Crippen molar-refractivity contribution in [2.75, 3.05) is 25.0 Å². The van der Waals surface area contributed by atoms with Crippen LogP contribution in [0.5, 0.6) is 5.75 Å². The normalized spacial score (nSPS) is 14.1.